The lowest BCUT2D eigenvalue weighted by Crippen LogP contribution is -2.41. The van der Waals surface area contributed by atoms with Gasteiger partial charge in [0.15, 0.2) is 0 Å². The van der Waals surface area contributed by atoms with Crippen LogP contribution in [-0.2, 0) is 4.74 Å². The first kappa shape index (κ1) is 16.2. The van der Waals surface area contributed by atoms with E-state index in [4.69, 9.17) is 9.47 Å². The second kappa shape index (κ2) is 7.23. The zero-order chi connectivity index (χ0) is 15.3. The smallest absolute Gasteiger partial charge is 0.138 e. The van der Waals surface area contributed by atoms with Crippen LogP contribution in [0.4, 0.5) is 0 Å². The first-order valence-electron chi connectivity index (χ1n) is 8.01. The van der Waals surface area contributed by atoms with Crippen molar-refractivity contribution in [3.8, 4) is 5.75 Å². The standard InChI is InChI=1S/C17H27NO3/c1-4-20-17(8-6-5-7-9-17)16(19)14-10-15(12-18-11-14)21-13(2)3/h10-13,16,19H,4-9H2,1-3H3. The minimum Gasteiger partial charge on any atom is -0.489 e. The molecule has 1 atom stereocenters. The monoisotopic (exact) mass is 293 g/mol. The molecule has 0 aromatic carbocycles. The Labute approximate surface area is 127 Å². The van der Waals surface area contributed by atoms with E-state index >= 15 is 0 Å². The number of hydrogen-bond donors (Lipinski definition) is 1. The highest BCUT2D eigenvalue weighted by atomic mass is 16.5. The maximum absolute atomic E-state index is 10.9. The van der Waals surface area contributed by atoms with Gasteiger partial charge in [-0.2, -0.15) is 0 Å². The maximum Gasteiger partial charge on any atom is 0.138 e. The molecule has 1 saturated carbocycles. The van der Waals surface area contributed by atoms with E-state index in [0.717, 1.165) is 31.2 Å². The zero-order valence-electron chi connectivity index (χ0n) is 13.3. The molecule has 4 nitrogen and oxygen atoms in total. The van der Waals surface area contributed by atoms with E-state index in [9.17, 15) is 5.11 Å². The van der Waals surface area contributed by atoms with Gasteiger partial charge in [-0.25, -0.2) is 0 Å². The summed E-state index contributed by atoms with van der Waals surface area (Å²) in [5.74, 6) is 0.698. The molecule has 0 radical (unpaired) electrons. The second-order valence-corrected chi connectivity index (χ2v) is 6.08. The molecule has 1 fully saturated rings. The lowest BCUT2D eigenvalue weighted by molar-refractivity contribution is -0.142. The fraction of sp³-hybridized carbons (Fsp3) is 0.706. The topological polar surface area (TPSA) is 51.6 Å². The van der Waals surface area contributed by atoms with E-state index in [2.05, 4.69) is 4.98 Å². The molecule has 1 aromatic rings. The van der Waals surface area contributed by atoms with Gasteiger partial charge < -0.3 is 14.6 Å². The van der Waals surface area contributed by atoms with Gasteiger partial charge >= 0.3 is 0 Å². The van der Waals surface area contributed by atoms with Crippen molar-refractivity contribution in [2.24, 2.45) is 0 Å². The lowest BCUT2D eigenvalue weighted by Gasteiger charge is -2.40. The Balaban J connectivity index is 2.21. The molecule has 1 N–H and O–H groups in total. The van der Waals surface area contributed by atoms with E-state index in [0.29, 0.717) is 12.4 Å². The van der Waals surface area contributed by atoms with E-state index in [1.54, 1.807) is 12.4 Å². The number of nitrogens with zero attached hydrogens (tertiary/aromatic N) is 1. The highest BCUT2D eigenvalue weighted by molar-refractivity contribution is 5.27. The maximum atomic E-state index is 10.9. The third-order valence-electron chi connectivity index (χ3n) is 4.05. The van der Waals surface area contributed by atoms with E-state index in [-0.39, 0.29) is 6.10 Å². The molecule has 1 aromatic heterocycles. The van der Waals surface area contributed by atoms with Crippen LogP contribution in [0.5, 0.6) is 5.75 Å². The van der Waals surface area contributed by atoms with Crippen LogP contribution < -0.4 is 4.74 Å². The average Bonchev–Trinajstić information content (AvgIpc) is 2.47. The SMILES string of the molecule is CCOC1(C(O)c2cncc(OC(C)C)c2)CCCCC1. The van der Waals surface area contributed by atoms with Gasteiger partial charge in [-0.1, -0.05) is 19.3 Å². The molecule has 0 saturated heterocycles. The van der Waals surface area contributed by atoms with Crippen LogP contribution in [0.15, 0.2) is 18.5 Å². The Bertz CT molecular complexity index is 436. The Hall–Kier alpha value is -1.13. The molecule has 1 heterocycles. The predicted molar refractivity (Wildman–Crippen MR) is 82.4 cm³/mol. The molecule has 2 rings (SSSR count). The normalized spacial score (nSPS) is 19.5. The van der Waals surface area contributed by atoms with Crippen LogP contribution in [0.25, 0.3) is 0 Å². The van der Waals surface area contributed by atoms with Gasteiger partial charge in [-0.3, -0.25) is 4.98 Å². The van der Waals surface area contributed by atoms with Crippen LogP contribution in [-0.4, -0.2) is 28.4 Å². The molecule has 1 aliphatic rings. The van der Waals surface area contributed by atoms with Crippen molar-refractivity contribution in [2.75, 3.05) is 6.61 Å². The van der Waals surface area contributed by atoms with Crippen molar-refractivity contribution in [3.05, 3.63) is 24.0 Å². The Kier molecular flexibility index (Phi) is 5.59. The molecule has 118 valence electrons. The number of aliphatic hydroxyl groups is 1. The number of pyridine rings is 1. The highest BCUT2D eigenvalue weighted by Crippen LogP contribution is 2.41. The number of aromatic nitrogens is 1. The number of ether oxygens (including phenoxy) is 2. The summed E-state index contributed by atoms with van der Waals surface area (Å²) in [7, 11) is 0. The molecule has 21 heavy (non-hydrogen) atoms. The van der Waals surface area contributed by atoms with Crippen LogP contribution in [0, 0.1) is 0 Å². The predicted octanol–water partition coefficient (Wildman–Crippen LogP) is 3.64. The molecule has 4 heteroatoms. The number of hydrogen-bond acceptors (Lipinski definition) is 4. The molecule has 0 aliphatic heterocycles. The van der Waals surface area contributed by atoms with Crippen molar-refractivity contribution >= 4 is 0 Å². The first-order chi connectivity index (χ1) is 10.1. The summed E-state index contributed by atoms with van der Waals surface area (Å²) in [6.07, 6.45) is 8.07. The Morgan fingerprint density at radius 2 is 1.95 bits per heavy atom. The van der Waals surface area contributed by atoms with Crippen LogP contribution >= 0.6 is 0 Å². The van der Waals surface area contributed by atoms with Gasteiger partial charge in [-0.15, -0.1) is 0 Å². The van der Waals surface area contributed by atoms with Crippen molar-refractivity contribution in [1.82, 2.24) is 4.98 Å². The quantitative estimate of drug-likeness (QED) is 0.870. The van der Waals surface area contributed by atoms with Crippen molar-refractivity contribution < 1.29 is 14.6 Å². The minimum atomic E-state index is -0.652. The van der Waals surface area contributed by atoms with Crippen LogP contribution in [0.1, 0.15) is 64.5 Å². The molecule has 0 spiro atoms. The summed E-state index contributed by atoms with van der Waals surface area (Å²) in [5.41, 5.74) is 0.314. The average molecular weight is 293 g/mol. The summed E-state index contributed by atoms with van der Waals surface area (Å²) in [5, 5.41) is 10.9. The van der Waals surface area contributed by atoms with Gasteiger partial charge in [0.2, 0.25) is 0 Å². The Morgan fingerprint density at radius 1 is 1.24 bits per heavy atom. The fourth-order valence-electron chi connectivity index (χ4n) is 3.16. The fourth-order valence-corrected chi connectivity index (χ4v) is 3.16. The largest absolute Gasteiger partial charge is 0.489 e. The third kappa shape index (κ3) is 3.95. The summed E-state index contributed by atoms with van der Waals surface area (Å²) < 4.78 is 11.7. The molecule has 0 bridgehead atoms. The Morgan fingerprint density at radius 3 is 2.57 bits per heavy atom. The molecule has 0 amide bonds. The minimum absolute atomic E-state index is 0.0923. The molecular weight excluding hydrogens is 266 g/mol. The van der Waals surface area contributed by atoms with Crippen LogP contribution in [0.3, 0.4) is 0 Å². The van der Waals surface area contributed by atoms with E-state index in [1.165, 1.54) is 6.42 Å². The van der Waals surface area contributed by atoms with Crippen molar-refractivity contribution in [1.29, 1.82) is 0 Å². The second-order valence-electron chi connectivity index (χ2n) is 6.08. The van der Waals surface area contributed by atoms with E-state index < -0.39 is 11.7 Å². The molecular formula is C17H27NO3. The van der Waals surface area contributed by atoms with E-state index in [1.807, 2.05) is 26.8 Å². The first-order valence-corrected chi connectivity index (χ1v) is 8.01. The zero-order valence-corrected chi connectivity index (χ0v) is 13.3. The van der Waals surface area contributed by atoms with Gasteiger partial charge in [0.1, 0.15) is 11.9 Å². The van der Waals surface area contributed by atoms with Gasteiger partial charge in [0.05, 0.1) is 17.9 Å². The van der Waals surface area contributed by atoms with Crippen molar-refractivity contribution in [3.63, 3.8) is 0 Å². The molecule has 1 unspecified atom stereocenters. The summed E-state index contributed by atoms with van der Waals surface area (Å²) in [6, 6.07) is 1.88. The van der Waals surface area contributed by atoms with Crippen LogP contribution in [0.2, 0.25) is 0 Å². The van der Waals surface area contributed by atoms with Gasteiger partial charge in [-0.05, 0) is 39.7 Å². The van der Waals surface area contributed by atoms with Crippen molar-refractivity contribution in [2.45, 2.75) is 70.7 Å². The summed E-state index contributed by atoms with van der Waals surface area (Å²) in [4.78, 5) is 4.20. The number of rotatable bonds is 6. The molecule has 1 aliphatic carbocycles. The highest BCUT2D eigenvalue weighted by Gasteiger charge is 2.40. The number of aliphatic hydroxyl groups excluding tert-OH is 1. The summed E-state index contributed by atoms with van der Waals surface area (Å²) >= 11 is 0. The van der Waals surface area contributed by atoms with Gasteiger partial charge in [0.25, 0.3) is 0 Å². The summed E-state index contributed by atoms with van der Waals surface area (Å²) in [6.45, 7) is 6.56. The lowest BCUT2D eigenvalue weighted by atomic mass is 9.78. The van der Waals surface area contributed by atoms with Gasteiger partial charge in [0, 0.05) is 18.4 Å². The third-order valence-corrected chi connectivity index (χ3v) is 4.05.